The largest absolute Gasteiger partial charge is 0.480 e. The Morgan fingerprint density at radius 1 is 1.08 bits per heavy atom. The molecule has 2 aliphatic rings. The average molecular weight is 339 g/mol. The monoisotopic (exact) mass is 339 g/mol. The molecular formula is C19H21N3O3. The van der Waals surface area contributed by atoms with Crippen LogP contribution in [0.4, 0.5) is 0 Å². The zero-order valence-electron chi connectivity index (χ0n) is 13.9. The minimum Gasteiger partial charge on any atom is -0.480 e. The topological polar surface area (TPSA) is 75.4 Å². The molecule has 1 saturated carbocycles. The lowest BCUT2D eigenvalue weighted by Gasteiger charge is -2.32. The number of para-hydroxylation sites is 1. The molecule has 1 aromatic carbocycles. The number of hydrogen-bond acceptors (Lipinski definition) is 3. The number of carbonyl (C=O) groups is 2. The summed E-state index contributed by atoms with van der Waals surface area (Å²) in [7, 11) is 0. The van der Waals surface area contributed by atoms with Crippen molar-refractivity contribution in [1.29, 1.82) is 0 Å². The van der Waals surface area contributed by atoms with Gasteiger partial charge < -0.3 is 10.0 Å². The third-order valence-corrected chi connectivity index (χ3v) is 5.44. The Bertz CT molecular complexity index is 786. The first kappa shape index (κ1) is 15.9. The van der Waals surface area contributed by atoms with Gasteiger partial charge in [-0.3, -0.25) is 4.79 Å². The van der Waals surface area contributed by atoms with Gasteiger partial charge in [-0.05, 0) is 43.4 Å². The highest BCUT2D eigenvalue weighted by Gasteiger charge is 2.48. The van der Waals surface area contributed by atoms with Crippen LogP contribution >= 0.6 is 0 Å². The van der Waals surface area contributed by atoms with Crippen LogP contribution in [0.5, 0.6) is 0 Å². The lowest BCUT2D eigenvalue weighted by atomic mass is 9.84. The van der Waals surface area contributed by atoms with Crippen molar-refractivity contribution in [3.63, 3.8) is 0 Å². The fourth-order valence-corrected chi connectivity index (χ4v) is 4.27. The van der Waals surface area contributed by atoms with Gasteiger partial charge in [-0.2, -0.15) is 5.10 Å². The molecule has 1 aromatic heterocycles. The molecule has 0 unspecified atom stereocenters. The predicted molar refractivity (Wildman–Crippen MR) is 91.5 cm³/mol. The summed E-state index contributed by atoms with van der Waals surface area (Å²) < 4.78 is 1.65. The molecule has 1 amide bonds. The second-order valence-corrected chi connectivity index (χ2v) is 6.90. The summed E-state index contributed by atoms with van der Waals surface area (Å²) in [6.07, 6.45) is 6.38. The van der Waals surface area contributed by atoms with E-state index in [9.17, 15) is 14.7 Å². The van der Waals surface area contributed by atoms with Crippen molar-refractivity contribution in [1.82, 2.24) is 14.7 Å². The zero-order valence-corrected chi connectivity index (χ0v) is 13.9. The molecule has 2 fully saturated rings. The van der Waals surface area contributed by atoms with Crippen molar-refractivity contribution < 1.29 is 14.7 Å². The molecular weight excluding hydrogens is 318 g/mol. The summed E-state index contributed by atoms with van der Waals surface area (Å²) in [5, 5.41) is 14.0. The fraction of sp³-hybridized carbons (Fsp3) is 0.421. The molecule has 4 rings (SSSR count). The molecule has 1 N–H and O–H groups in total. The zero-order chi connectivity index (χ0) is 17.4. The normalized spacial score (nSPS) is 25.6. The van der Waals surface area contributed by atoms with Crippen LogP contribution in [-0.4, -0.2) is 43.7 Å². The van der Waals surface area contributed by atoms with Crippen molar-refractivity contribution >= 4 is 11.9 Å². The second-order valence-electron chi connectivity index (χ2n) is 6.90. The highest BCUT2D eigenvalue weighted by molar-refractivity contribution is 5.95. The molecule has 2 heterocycles. The van der Waals surface area contributed by atoms with Gasteiger partial charge in [-0.1, -0.05) is 31.0 Å². The fourth-order valence-electron chi connectivity index (χ4n) is 4.27. The number of amides is 1. The van der Waals surface area contributed by atoms with Crippen LogP contribution in [-0.2, 0) is 4.79 Å². The van der Waals surface area contributed by atoms with Gasteiger partial charge in [0.2, 0.25) is 0 Å². The van der Waals surface area contributed by atoms with E-state index in [4.69, 9.17) is 0 Å². The second kappa shape index (κ2) is 6.35. The number of rotatable bonds is 3. The van der Waals surface area contributed by atoms with Gasteiger partial charge in [-0.25, -0.2) is 9.48 Å². The van der Waals surface area contributed by atoms with Crippen molar-refractivity contribution in [3.8, 4) is 5.69 Å². The maximum Gasteiger partial charge on any atom is 0.326 e. The number of likely N-dealkylation sites (tertiary alicyclic amines) is 1. The Morgan fingerprint density at radius 3 is 2.60 bits per heavy atom. The minimum atomic E-state index is -0.912. The molecule has 0 spiro atoms. The molecule has 6 nitrogen and oxygen atoms in total. The van der Waals surface area contributed by atoms with E-state index < -0.39 is 12.0 Å². The third-order valence-electron chi connectivity index (χ3n) is 5.44. The number of nitrogens with zero attached hydrogens (tertiary/aromatic N) is 3. The summed E-state index contributed by atoms with van der Waals surface area (Å²) in [5.41, 5.74) is 1.18. The summed E-state index contributed by atoms with van der Waals surface area (Å²) in [6, 6.07) is 10.5. The number of benzene rings is 1. The van der Waals surface area contributed by atoms with E-state index in [-0.39, 0.29) is 11.9 Å². The summed E-state index contributed by atoms with van der Waals surface area (Å²) >= 11 is 0. The molecule has 25 heavy (non-hydrogen) atoms. The van der Waals surface area contributed by atoms with E-state index in [2.05, 4.69) is 5.10 Å². The van der Waals surface area contributed by atoms with Gasteiger partial charge in [-0.15, -0.1) is 0 Å². The van der Waals surface area contributed by atoms with Gasteiger partial charge in [0.15, 0.2) is 5.69 Å². The van der Waals surface area contributed by atoms with Crippen LogP contribution < -0.4 is 0 Å². The van der Waals surface area contributed by atoms with Crippen LogP contribution in [0, 0.1) is 5.92 Å². The number of carbonyl (C=O) groups excluding carboxylic acids is 1. The maximum atomic E-state index is 13.0. The van der Waals surface area contributed by atoms with E-state index >= 15 is 0 Å². The van der Waals surface area contributed by atoms with E-state index in [1.807, 2.05) is 30.3 Å². The SMILES string of the molecule is O=C(O)[C@@H]1C[C@H]2CCCC[C@@H]2N1C(=O)c1ccn(-c2ccccc2)n1. The number of fused-ring (bicyclic) bond motifs is 1. The van der Waals surface area contributed by atoms with Crippen molar-refractivity contribution in [2.75, 3.05) is 0 Å². The van der Waals surface area contributed by atoms with Crippen LogP contribution in [0.1, 0.15) is 42.6 Å². The van der Waals surface area contributed by atoms with Gasteiger partial charge in [0.05, 0.1) is 5.69 Å². The van der Waals surface area contributed by atoms with E-state index in [1.54, 1.807) is 21.8 Å². The van der Waals surface area contributed by atoms with E-state index in [0.29, 0.717) is 18.0 Å². The standard InChI is InChI=1S/C19H21N3O3/c23-18(15-10-11-21(20-15)14-7-2-1-3-8-14)22-16-9-5-4-6-13(16)12-17(22)19(24)25/h1-3,7-8,10-11,13,16-17H,4-6,9,12H2,(H,24,25)/t13-,16+,17+/m1/s1. The summed E-state index contributed by atoms with van der Waals surface area (Å²) in [6.45, 7) is 0. The highest BCUT2D eigenvalue weighted by Crippen LogP contribution is 2.40. The summed E-state index contributed by atoms with van der Waals surface area (Å²) in [4.78, 5) is 26.3. The van der Waals surface area contributed by atoms with Gasteiger partial charge >= 0.3 is 5.97 Å². The molecule has 1 aliphatic carbocycles. The first-order chi connectivity index (χ1) is 12.1. The minimum absolute atomic E-state index is 0.0317. The molecule has 2 aromatic rings. The highest BCUT2D eigenvalue weighted by atomic mass is 16.4. The molecule has 3 atom stereocenters. The van der Waals surface area contributed by atoms with Gasteiger partial charge in [0.25, 0.3) is 5.91 Å². The summed E-state index contributed by atoms with van der Waals surface area (Å²) in [5.74, 6) is -0.878. The Kier molecular flexibility index (Phi) is 4.03. The van der Waals surface area contributed by atoms with Crippen molar-refractivity contribution in [3.05, 3.63) is 48.3 Å². The average Bonchev–Trinajstić information content (AvgIpc) is 3.27. The lowest BCUT2D eigenvalue weighted by molar-refractivity contribution is -0.141. The number of aliphatic carboxylic acids is 1. The van der Waals surface area contributed by atoms with E-state index in [0.717, 1.165) is 31.4 Å². The molecule has 130 valence electrons. The molecule has 1 saturated heterocycles. The first-order valence-electron chi connectivity index (χ1n) is 8.81. The van der Waals surface area contributed by atoms with Gasteiger partial charge in [0, 0.05) is 12.2 Å². The number of aromatic nitrogens is 2. The smallest absolute Gasteiger partial charge is 0.326 e. The van der Waals surface area contributed by atoms with Crippen LogP contribution in [0.15, 0.2) is 42.6 Å². The number of carboxylic acids is 1. The predicted octanol–water partition coefficient (Wildman–Crippen LogP) is 2.73. The van der Waals surface area contributed by atoms with Crippen LogP contribution in [0.25, 0.3) is 5.69 Å². The third kappa shape index (κ3) is 2.81. The van der Waals surface area contributed by atoms with Gasteiger partial charge in [0.1, 0.15) is 6.04 Å². The number of carboxylic acid groups (broad SMARTS) is 1. The first-order valence-corrected chi connectivity index (χ1v) is 8.81. The molecule has 1 aliphatic heterocycles. The van der Waals surface area contributed by atoms with Crippen molar-refractivity contribution in [2.45, 2.75) is 44.2 Å². The lowest BCUT2D eigenvalue weighted by Crippen LogP contribution is -2.46. The number of hydrogen-bond donors (Lipinski definition) is 1. The quantitative estimate of drug-likeness (QED) is 0.933. The maximum absolute atomic E-state index is 13.0. The molecule has 6 heteroatoms. The van der Waals surface area contributed by atoms with Crippen LogP contribution in [0.2, 0.25) is 0 Å². The van der Waals surface area contributed by atoms with Crippen LogP contribution in [0.3, 0.4) is 0 Å². The Labute approximate surface area is 146 Å². The van der Waals surface area contributed by atoms with E-state index in [1.165, 1.54) is 0 Å². The molecule has 0 radical (unpaired) electrons. The van der Waals surface area contributed by atoms with Crippen molar-refractivity contribution in [2.24, 2.45) is 5.92 Å². The Hall–Kier alpha value is -2.63. The Morgan fingerprint density at radius 2 is 1.84 bits per heavy atom. The Balaban J connectivity index is 1.63. The molecule has 0 bridgehead atoms.